The maximum Gasteiger partial charge on any atom is 0.459 e. The number of esters is 1. The number of ether oxygens (including phenoxy) is 2. The number of carbonyl (C=O) groups excluding carboxylic acids is 1. The Bertz CT molecular complexity index is 1430. The molecular weight excluding hydrogens is 539 g/mol. The van der Waals surface area contributed by atoms with Crippen LogP contribution < -0.4 is 15.3 Å². The molecule has 1 fully saturated rings. The molecule has 1 aliphatic heterocycles. The number of carbonyl (C=O) groups is 1. The van der Waals surface area contributed by atoms with Crippen molar-refractivity contribution >= 4 is 25.1 Å². The smallest absolute Gasteiger partial charge is 0.459 e. The number of aliphatic hydroxyl groups is 1. The van der Waals surface area contributed by atoms with E-state index >= 15 is 0 Å². The van der Waals surface area contributed by atoms with Gasteiger partial charge in [0.05, 0.1) is 25.0 Å². The van der Waals surface area contributed by atoms with Gasteiger partial charge in [0.1, 0.15) is 35.8 Å². The van der Waals surface area contributed by atoms with Gasteiger partial charge in [0.2, 0.25) is 5.60 Å². The number of nitrogens with two attached hydrogens (primary N) is 1. The predicted molar refractivity (Wildman–Crippen MR) is 144 cm³/mol. The summed E-state index contributed by atoms with van der Waals surface area (Å²) in [4.78, 5) is 16.6. The van der Waals surface area contributed by atoms with Crippen molar-refractivity contribution in [3.05, 3.63) is 54.5 Å². The lowest BCUT2D eigenvalue weighted by Crippen LogP contribution is -2.42. The lowest BCUT2D eigenvalue weighted by molar-refractivity contribution is -0.146. The minimum absolute atomic E-state index is 0.135. The molecule has 6 atom stereocenters. The summed E-state index contributed by atoms with van der Waals surface area (Å²) >= 11 is 0. The number of aliphatic hydroxyl groups excluding tert-OH is 1. The average molecular weight is 573 g/mol. The molecule has 0 radical (unpaired) electrons. The Morgan fingerprint density at radius 3 is 2.70 bits per heavy atom. The molecule has 3 aromatic rings. The molecule has 14 heteroatoms. The van der Waals surface area contributed by atoms with Gasteiger partial charge in [-0.05, 0) is 37.1 Å². The monoisotopic (exact) mass is 572 g/mol. The molecule has 2 aromatic heterocycles. The van der Waals surface area contributed by atoms with Crippen molar-refractivity contribution in [2.45, 2.75) is 51.5 Å². The second-order valence-corrected chi connectivity index (χ2v) is 11.4. The zero-order valence-corrected chi connectivity index (χ0v) is 23.5. The van der Waals surface area contributed by atoms with Crippen molar-refractivity contribution in [2.24, 2.45) is 11.8 Å². The number of hydrogen-bond acceptors (Lipinski definition) is 11. The van der Waals surface area contributed by atoms with Gasteiger partial charge >= 0.3 is 13.7 Å². The number of para-hydroxylation sites is 1. The Hall–Kier alpha value is -3.53. The Labute approximate surface area is 231 Å². The zero-order chi connectivity index (χ0) is 29.1. The number of nitriles is 1. The van der Waals surface area contributed by atoms with Gasteiger partial charge in [-0.3, -0.25) is 9.32 Å². The molecule has 40 heavy (non-hydrogen) atoms. The van der Waals surface area contributed by atoms with E-state index in [1.807, 2.05) is 0 Å². The highest BCUT2D eigenvalue weighted by atomic mass is 31.2. The van der Waals surface area contributed by atoms with E-state index in [1.54, 1.807) is 70.2 Å². The van der Waals surface area contributed by atoms with Gasteiger partial charge in [-0.2, -0.15) is 15.4 Å². The second kappa shape index (κ2) is 11.9. The maximum absolute atomic E-state index is 14.0. The van der Waals surface area contributed by atoms with Gasteiger partial charge in [-0.15, -0.1) is 0 Å². The molecule has 0 bridgehead atoms. The number of nitrogens with zero attached hydrogens (tertiary/aromatic N) is 4. The minimum Gasteiger partial charge on any atom is -0.465 e. The Morgan fingerprint density at radius 1 is 1.32 bits per heavy atom. The van der Waals surface area contributed by atoms with Crippen molar-refractivity contribution in [3.8, 4) is 11.8 Å². The van der Waals surface area contributed by atoms with Crippen LogP contribution in [0.2, 0.25) is 0 Å². The Balaban J connectivity index is 1.61. The molecule has 0 amide bonds. The molecule has 214 valence electrons. The highest BCUT2D eigenvalue weighted by Gasteiger charge is 2.56. The molecular formula is C26H33N6O7P. The van der Waals surface area contributed by atoms with Crippen LogP contribution >= 0.6 is 7.75 Å². The quantitative estimate of drug-likeness (QED) is 0.226. The van der Waals surface area contributed by atoms with E-state index in [2.05, 4.69) is 21.2 Å². The predicted octanol–water partition coefficient (Wildman–Crippen LogP) is 2.81. The fourth-order valence-corrected chi connectivity index (χ4v) is 6.25. The van der Waals surface area contributed by atoms with E-state index in [9.17, 15) is 19.7 Å². The Morgan fingerprint density at radius 2 is 2.05 bits per heavy atom. The molecule has 1 saturated heterocycles. The number of aromatic nitrogens is 3. The van der Waals surface area contributed by atoms with Crippen LogP contribution in [0.4, 0.5) is 5.82 Å². The lowest BCUT2D eigenvalue weighted by Gasteiger charge is -2.28. The second-order valence-electron chi connectivity index (χ2n) is 9.74. The first-order chi connectivity index (χ1) is 19.0. The molecule has 0 saturated carbocycles. The highest BCUT2D eigenvalue weighted by molar-refractivity contribution is 7.52. The summed E-state index contributed by atoms with van der Waals surface area (Å²) in [7, 11) is -4.25. The number of fused-ring (bicyclic) bond motifs is 1. The molecule has 1 aliphatic rings. The highest BCUT2D eigenvalue weighted by Crippen LogP contribution is 2.49. The summed E-state index contributed by atoms with van der Waals surface area (Å²) in [6.45, 7) is 6.54. The molecule has 0 spiro atoms. The van der Waals surface area contributed by atoms with Crippen molar-refractivity contribution in [3.63, 3.8) is 0 Å². The van der Waals surface area contributed by atoms with Gasteiger partial charge in [-0.25, -0.2) is 14.1 Å². The first-order valence-electron chi connectivity index (χ1n) is 12.8. The molecule has 3 heterocycles. The molecule has 1 aromatic carbocycles. The maximum atomic E-state index is 14.0. The van der Waals surface area contributed by atoms with Crippen molar-refractivity contribution < 1.29 is 33.0 Å². The van der Waals surface area contributed by atoms with E-state index in [0.717, 1.165) is 0 Å². The third-order valence-electron chi connectivity index (χ3n) is 6.78. The third-order valence-corrected chi connectivity index (χ3v) is 8.32. The number of hydrogen-bond donors (Lipinski definition) is 3. The summed E-state index contributed by atoms with van der Waals surface area (Å²) < 4.78 is 38.3. The molecule has 0 aliphatic carbocycles. The average Bonchev–Trinajstić information content (AvgIpc) is 3.47. The van der Waals surface area contributed by atoms with Crippen molar-refractivity contribution in [1.82, 2.24) is 19.7 Å². The van der Waals surface area contributed by atoms with Crippen LogP contribution in [0.25, 0.3) is 5.52 Å². The SMILES string of the molecule is CCOC(=O)[C@@H](NP(=O)(OC[C@H]1O[C@@](C#N)(c2ccc3c(N)ncnn23)[C@@H](C)[C@@H]1O)Oc1ccccc1)C(C)C. The molecule has 4 N–H and O–H groups in total. The lowest BCUT2D eigenvalue weighted by atomic mass is 9.85. The summed E-state index contributed by atoms with van der Waals surface area (Å²) in [6.07, 6.45) is -1.03. The van der Waals surface area contributed by atoms with Crippen LogP contribution in [0.15, 0.2) is 48.8 Å². The summed E-state index contributed by atoms with van der Waals surface area (Å²) in [6, 6.07) is 12.8. The van der Waals surface area contributed by atoms with Crippen LogP contribution in [-0.4, -0.2) is 57.1 Å². The first kappa shape index (κ1) is 29.5. The van der Waals surface area contributed by atoms with Gasteiger partial charge in [-0.1, -0.05) is 39.0 Å². The summed E-state index contributed by atoms with van der Waals surface area (Å²) in [5.41, 5.74) is 5.13. The van der Waals surface area contributed by atoms with Crippen LogP contribution in [0.3, 0.4) is 0 Å². The number of nitrogen functional groups attached to an aromatic ring is 1. The van der Waals surface area contributed by atoms with Crippen LogP contribution in [0, 0.1) is 23.2 Å². The van der Waals surface area contributed by atoms with E-state index in [-0.39, 0.29) is 24.1 Å². The van der Waals surface area contributed by atoms with Crippen molar-refractivity contribution in [2.75, 3.05) is 18.9 Å². The van der Waals surface area contributed by atoms with E-state index in [0.29, 0.717) is 11.2 Å². The van der Waals surface area contributed by atoms with E-state index < -0.39 is 50.1 Å². The third kappa shape index (κ3) is 5.68. The van der Waals surface area contributed by atoms with E-state index in [4.69, 9.17) is 24.3 Å². The van der Waals surface area contributed by atoms with Crippen molar-refractivity contribution in [1.29, 1.82) is 5.26 Å². The molecule has 13 nitrogen and oxygen atoms in total. The molecule has 1 unspecified atom stereocenters. The number of anilines is 1. The van der Waals surface area contributed by atoms with Crippen LogP contribution in [-0.2, 0) is 29.0 Å². The Kier molecular flexibility index (Phi) is 8.77. The number of nitrogens with one attached hydrogen (secondary N) is 1. The minimum atomic E-state index is -4.25. The topological polar surface area (TPSA) is 183 Å². The normalized spacial score (nSPS) is 24.9. The fraction of sp³-hybridized carbons (Fsp3) is 0.462. The van der Waals surface area contributed by atoms with Crippen LogP contribution in [0.5, 0.6) is 5.75 Å². The summed E-state index contributed by atoms with van der Waals surface area (Å²) in [5, 5.41) is 28.3. The molecule has 4 rings (SSSR count). The fourth-order valence-electron chi connectivity index (χ4n) is 4.58. The number of benzene rings is 1. The van der Waals surface area contributed by atoms with Crippen LogP contribution in [0.1, 0.15) is 33.4 Å². The van der Waals surface area contributed by atoms with Gasteiger partial charge < -0.3 is 24.8 Å². The standard InChI is InChI=1S/C26H33N6O7P/c1-5-36-25(34)22(16(2)3)31-40(35,39-18-9-7-6-8-10-18)37-13-20-23(33)17(4)26(14-27,38-20)21-12-11-19-24(28)29-15-30-32(19)21/h6-12,15-17,20,22-23,33H,5,13H2,1-4H3,(H,31,35)(H2,28,29,30)/t17-,20+,22-,23-,26+,40?/m0/s1. The summed E-state index contributed by atoms with van der Waals surface area (Å²) in [5.74, 6) is -1.24. The number of rotatable bonds is 11. The van der Waals surface area contributed by atoms with E-state index in [1.165, 1.54) is 10.8 Å². The zero-order valence-electron chi connectivity index (χ0n) is 22.6. The van der Waals surface area contributed by atoms with Gasteiger partial charge in [0, 0.05) is 5.92 Å². The van der Waals surface area contributed by atoms with Gasteiger partial charge in [0.15, 0.2) is 5.82 Å². The largest absolute Gasteiger partial charge is 0.465 e. The van der Waals surface area contributed by atoms with Gasteiger partial charge in [0.25, 0.3) is 0 Å². The first-order valence-corrected chi connectivity index (χ1v) is 14.4.